The second kappa shape index (κ2) is 9.36. The molecule has 1 saturated heterocycles. The number of anilines is 2. The summed E-state index contributed by atoms with van der Waals surface area (Å²) in [6.45, 7) is 5.04. The number of aromatic nitrogens is 3. The largest absolute Gasteiger partial charge is 0.370 e. The van der Waals surface area contributed by atoms with E-state index in [1.165, 1.54) is 0 Å². The van der Waals surface area contributed by atoms with Gasteiger partial charge in [0.1, 0.15) is 5.52 Å². The van der Waals surface area contributed by atoms with Crippen LogP contribution in [-0.2, 0) is 9.84 Å². The molecule has 36 heavy (non-hydrogen) atoms. The normalized spacial score (nSPS) is 16.1. The van der Waals surface area contributed by atoms with Crippen LogP contribution in [0.15, 0.2) is 65.8 Å². The maximum Gasteiger partial charge on any atom is 0.255 e. The molecule has 5 rings (SSSR count). The highest BCUT2D eigenvalue weighted by Crippen LogP contribution is 2.26. The van der Waals surface area contributed by atoms with Gasteiger partial charge in [0.2, 0.25) is 0 Å². The summed E-state index contributed by atoms with van der Waals surface area (Å²) < 4.78 is 24.8. The van der Waals surface area contributed by atoms with E-state index in [1.807, 2.05) is 12.1 Å². The predicted octanol–water partition coefficient (Wildman–Crippen LogP) is 3.60. The van der Waals surface area contributed by atoms with Crippen molar-refractivity contribution in [2.45, 2.75) is 36.5 Å². The van der Waals surface area contributed by atoms with Gasteiger partial charge in [0, 0.05) is 42.1 Å². The fourth-order valence-electron chi connectivity index (χ4n) is 4.25. The first-order valence-corrected chi connectivity index (χ1v) is 13.4. The van der Waals surface area contributed by atoms with Crippen LogP contribution in [0.5, 0.6) is 0 Å². The Bertz CT molecular complexity index is 1510. The molecule has 4 aromatic rings. The summed E-state index contributed by atoms with van der Waals surface area (Å²) in [5.41, 5.74) is 10.4. The van der Waals surface area contributed by atoms with Crippen molar-refractivity contribution in [1.29, 1.82) is 0 Å². The maximum atomic E-state index is 12.9. The van der Waals surface area contributed by atoms with Gasteiger partial charge in [-0.25, -0.2) is 18.4 Å². The van der Waals surface area contributed by atoms with Gasteiger partial charge in [-0.15, -0.1) is 0 Å². The van der Waals surface area contributed by atoms with E-state index < -0.39 is 15.1 Å². The van der Waals surface area contributed by atoms with E-state index in [4.69, 9.17) is 5.73 Å². The minimum absolute atomic E-state index is 0.187. The molecule has 0 spiro atoms. The molecule has 3 heterocycles. The number of sulfone groups is 1. The van der Waals surface area contributed by atoms with E-state index >= 15 is 0 Å². The average molecular weight is 505 g/mol. The first kappa shape index (κ1) is 24.0. The Labute approximate surface area is 209 Å². The molecule has 0 bridgehead atoms. The Kier molecular flexibility index (Phi) is 6.23. The SMILES string of the molecule is CC(C)S(=O)(=O)c1ccc(-c2cnc3[nH]cc(NC(=O)c4ccc(N5CC[C@H](N)C5)cc4)c3n2)cc1. The molecule has 2 aromatic carbocycles. The monoisotopic (exact) mass is 504 g/mol. The number of benzene rings is 2. The molecular formula is C26H28N6O3S. The number of fused-ring (bicyclic) bond motifs is 1. The van der Waals surface area contributed by atoms with Gasteiger partial charge in [-0.2, -0.15) is 0 Å². The molecule has 0 radical (unpaired) electrons. The third-order valence-electron chi connectivity index (χ3n) is 6.45. The third-order valence-corrected chi connectivity index (χ3v) is 8.62. The van der Waals surface area contributed by atoms with Crippen LogP contribution in [0.3, 0.4) is 0 Å². The zero-order valence-electron chi connectivity index (χ0n) is 20.1. The van der Waals surface area contributed by atoms with Crippen molar-refractivity contribution in [3.63, 3.8) is 0 Å². The van der Waals surface area contributed by atoms with Crippen LogP contribution >= 0.6 is 0 Å². The van der Waals surface area contributed by atoms with Crippen molar-refractivity contribution in [2.75, 3.05) is 23.3 Å². The van der Waals surface area contributed by atoms with Gasteiger partial charge < -0.3 is 20.9 Å². The highest BCUT2D eigenvalue weighted by molar-refractivity contribution is 7.92. The Hall–Kier alpha value is -3.76. The molecule has 0 unspecified atom stereocenters. The number of carbonyl (C=O) groups is 1. The Morgan fingerprint density at radius 1 is 1.14 bits per heavy atom. The molecular weight excluding hydrogens is 476 g/mol. The molecule has 0 aliphatic carbocycles. The second-order valence-corrected chi connectivity index (χ2v) is 11.8. The van der Waals surface area contributed by atoms with E-state index in [0.717, 1.165) is 30.8 Å². The summed E-state index contributed by atoms with van der Waals surface area (Å²) in [5, 5.41) is 2.41. The average Bonchev–Trinajstić information content (AvgIpc) is 3.50. The molecule has 186 valence electrons. The van der Waals surface area contributed by atoms with E-state index in [1.54, 1.807) is 62.6 Å². The Morgan fingerprint density at radius 3 is 2.50 bits per heavy atom. The summed E-state index contributed by atoms with van der Waals surface area (Å²) in [4.78, 5) is 27.5. The van der Waals surface area contributed by atoms with Crippen molar-refractivity contribution < 1.29 is 13.2 Å². The second-order valence-electron chi connectivity index (χ2n) is 9.27. The van der Waals surface area contributed by atoms with Crippen LogP contribution in [0.4, 0.5) is 11.4 Å². The number of nitrogens with zero attached hydrogens (tertiary/aromatic N) is 3. The lowest BCUT2D eigenvalue weighted by molar-refractivity contribution is 0.102. The van der Waals surface area contributed by atoms with Crippen molar-refractivity contribution >= 4 is 38.3 Å². The van der Waals surface area contributed by atoms with Crippen LogP contribution in [0.2, 0.25) is 0 Å². The van der Waals surface area contributed by atoms with E-state index in [2.05, 4.69) is 25.2 Å². The minimum atomic E-state index is -3.36. The third kappa shape index (κ3) is 4.57. The lowest BCUT2D eigenvalue weighted by atomic mass is 10.1. The Balaban J connectivity index is 1.35. The summed E-state index contributed by atoms with van der Waals surface area (Å²) in [6.07, 6.45) is 4.23. The number of hydrogen-bond acceptors (Lipinski definition) is 7. The van der Waals surface area contributed by atoms with Gasteiger partial charge in [-0.05, 0) is 56.7 Å². The van der Waals surface area contributed by atoms with E-state index in [-0.39, 0.29) is 16.8 Å². The molecule has 2 aromatic heterocycles. The number of rotatable bonds is 6. The first-order chi connectivity index (χ1) is 17.2. The number of nitrogens with two attached hydrogens (primary N) is 1. The number of hydrogen-bond donors (Lipinski definition) is 3. The molecule has 1 aliphatic rings. The summed E-state index contributed by atoms with van der Waals surface area (Å²) in [7, 11) is -3.36. The molecule has 0 saturated carbocycles. The zero-order chi connectivity index (χ0) is 25.4. The van der Waals surface area contributed by atoms with E-state index in [0.29, 0.717) is 28.1 Å². The van der Waals surface area contributed by atoms with Crippen LogP contribution in [0.25, 0.3) is 22.4 Å². The lowest BCUT2D eigenvalue weighted by Gasteiger charge is -2.18. The van der Waals surface area contributed by atoms with Crippen molar-refractivity contribution in [1.82, 2.24) is 15.0 Å². The minimum Gasteiger partial charge on any atom is -0.370 e. The lowest BCUT2D eigenvalue weighted by Crippen LogP contribution is -2.26. The summed E-state index contributed by atoms with van der Waals surface area (Å²) >= 11 is 0. The summed E-state index contributed by atoms with van der Waals surface area (Å²) in [6, 6.07) is 14.2. The van der Waals surface area contributed by atoms with Crippen LogP contribution in [0, 0.1) is 0 Å². The maximum absolute atomic E-state index is 12.9. The molecule has 9 nitrogen and oxygen atoms in total. The van der Waals surface area contributed by atoms with Gasteiger partial charge in [0.05, 0.1) is 27.7 Å². The van der Waals surface area contributed by atoms with Crippen LogP contribution < -0.4 is 16.0 Å². The quantitative estimate of drug-likeness (QED) is 0.365. The number of H-pyrrole nitrogens is 1. The molecule has 1 aliphatic heterocycles. The van der Waals surface area contributed by atoms with Crippen LogP contribution in [-0.4, -0.2) is 53.7 Å². The molecule has 1 atom stereocenters. The van der Waals surface area contributed by atoms with Crippen molar-refractivity contribution in [3.8, 4) is 11.3 Å². The number of amides is 1. The number of nitrogens with one attached hydrogen (secondary N) is 2. The smallest absolute Gasteiger partial charge is 0.255 e. The van der Waals surface area contributed by atoms with Gasteiger partial charge in [0.15, 0.2) is 15.5 Å². The number of aromatic amines is 1. The molecule has 1 amide bonds. The fraction of sp³-hybridized carbons (Fsp3) is 0.269. The fourth-order valence-corrected chi connectivity index (χ4v) is 5.31. The van der Waals surface area contributed by atoms with Crippen molar-refractivity contribution in [2.24, 2.45) is 5.73 Å². The highest BCUT2D eigenvalue weighted by Gasteiger charge is 2.21. The zero-order valence-corrected chi connectivity index (χ0v) is 20.9. The molecule has 4 N–H and O–H groups in total. The predicted molar refractivity (Wildman–Crippen MR) is 141 cm³/mol. The van der Waals surface area contributed by atoms with Gasteiger partial charge in [0.25, 0.3) is 5.91 Å². The van der Waals surface area contributed by atoms with Crippen molar-refractivity contribution in [3.05, 3.63) is 66.5 Å². The standard InChI is InChI=1S/C26H28N6O3S/c1-16(2)36(34,35)21-9-5-17(6-10-21)22-13-28-25-24(30-22)23(14-29-25)31-26(33)18-3-7-20(8-4-18)32-12-11-19(27)15-32/h3-10,13-14,16,19H,11-12,15,27H2,1-2H3,(H,28,29)(H,31,33)/t19-/m0/s1. The van der Waals surface area contributed by atoms with E-state index in [9.17, 15) is 13.2 Å². The molecule has 1 fully saturated rings. The highest BCUT2D eigenvalue weighted by atomic mass is 32.2. The van der Waals surface area contributed by atoms with Crippen LogP contribution in [0.1, 0.15) is 30.6 Å². The molecule has 10 heteroatoms. The van der Waals surface area contributed by atoms with Gasteiger partial charge in [-0.3, -0.25) is 4.79 Å². The Morgan fingerprint density at radius 2 is 1.86 bits per heavy atom. The first-order valence-electron chi connectivity index (χ1n) is 11.8. The van der Waals surface area contributed by atoms with Gasteiger partial charge in [-0.1, -0.05) is 12.1 Å². The number of carbonyl (C=O) groups excluding carboxylic acids is 1. The topological polar surface area (TPSA) is 134 Å². The summed E-state index contributed by atoms with van der Waals surface area (Å²) in [5.74, 6) is -0.254. The van der Waals surface area contributed by atoms with Gasteiger partial charge >= 0.3 is 0 Å².